The van der Waals surface area contributed by atoms with Crippen molar-refractivity contribution >= 4 is 17.4 Å². The number of rotatable bonds is 4. The average molecular weight is 261 g/mol. The van der Waals surface area contributed by atoms with E-state index in [9.17, 15) is 9.59 Å². The summed E-state index contributed by atoms with van der Waals surface area (Å²) in [6.45, 7) is 4.63. The van der Waals surface area contributed by atoms with Crippen LogP contribution in [0.25, 0.3) is 0 Å². The largest absolute Gasteiger partial charge is 0.464 e. The van der Waals surface area contributed by atoms with Crippen LogP contribution in [0.1, 0.15) is 37.0 Å². The second-order valence-corrected chi connectivity index (χ2v) is 4.71. The summed E-state index contributed by atoms with van der Waals surface area (Å²) in [7, 11) is 0. The summed E-state index contributed by atoms with van der Waals surface area (Å²) < 4.78 is 5.10. The van der Waals surface area contributed by atoms with Crippen molar-refractivity contribution in [2.24, 2.45) is 0 Å². The summed E-state index contributed by atoms with van der Waals surface area (Å²) in [5, 5.41) is 0. The molecule has 0 spiro atoms. The van der Waals surface area contributed by atoms with Gasteiger partial charge in [-0.1, -0.05) is 0 Å². The predicted molar refractivity (Wildman–Crippen MR) is 73.4 cm³/mol. The van der Waals surface area contributed by atoms with Crippen LogP contribution in [0.3, 0.4) is 0 Å². The monoisotopic (exact) mass is 261 g/mol. The number of anilines is 1. The minimum Gasteiger partial charge on any atom is -0.464 e. The SMILES string of the molecule is CCOC(=O)C1CCCN1c1ccc(C(C)=O)cc1. The smallest absolute Gasteiger partial charge is 0.328 e. The molecule has 1 fully saturated rings. The van der Waals surface area contributed by atoms with Gasteiger partial charge in [0.1, 0.15) is 6.04 Å². The molecule has 0 amide bonds. The van der Waals surface area contributed by atoms with E-state index < -0.39 is 0 Å². The van der Waals surface area contributed by atoms with Gasteiger partial charge in [0.2, 0.25) is 0 Å². The molecule has 0 radical (unpaired) electrons. The Morgan fingerprint density at radius 2 is 2.00 bits per heavy atom. The lowest BCUT2D eigenvalue weighted by molar-refractivity contribution is -0.144. The number of carbonyl (C=O) groups is 2. The van der Waals surface area contributed by atoms with Crippen LogP contribution < -0.4 is 4.90 Å². The third-order valence-electron chi connectivity index (χ3n) is 3.42. The molecule has 1 aliphatic heterocycles. The summed E-state index contributed by atoms with van der Waals surface area (Å²) in [5.41, 5.74) is 1.66. The van der Waals surface area contributed by atoms with Crippen LogP contribution >= 0.6 is 0 Å². The molecule has 1 aliphatic rings. The molecular formula is C15H19NO3. The molecule has 0 aromatic heterocycles. The summed E-state index contributed by atoms with van der Waals surface area (Å²) in [5.74, 6) is -0.106. The van der Waals surface area contributed by atoms with Gasteiger partial charge >= 0.3 is 5.97 Å². The molecule has 1 heterocycles. The Morgan fingerprint density at radius 3 is 2.58 bits per heavy atom. The third kappa shape index (κ3) is 2.95. The zero-order valence-electron chi connectivity index (χ0n) is 11.4. The van der Waals surface area contributed by atoms with E-state index >= 15 is 0 Å². The fraction of sp³-hybridized carbons (Fsp3) is 0.467. The Hall–Kier alpha value is -1.84. The van der Waals surface area contributed by atoms with Gasteiger partial charge in [-0.25, -0.2) is 4.79 Å². The van der Waals surface area contributed by atoms with Crippen molar-refractivity contribution in [3.63, 3.8) is 0 Å². The van der Waals surface area contributed by atoms with Gasteiger partial charge < -0.3 is 9.64 Å². The van der Waals surface area contributed by atoms with Gasteiger partial charge in [0.25, 0.3) is 0 Å². The van der Waals surface area contributed by atoms with E-state index in [1.807, 2.05) is 19.1 Å². The highest BCUT2D eigenvalue weighted by atomic mass is 16.5. The van der Waals surface area contributed by atoms with E-state index in [4.69, 9.17) is 4.74 Å². The van der Waals surface area contributed by atoms with Crippen molar-refractivity contribution in [2.45, 2.75) is 32.7 Å². The number of hydrogen-bond acceptors (Lipinski definition) is 4. The molecule has 19 heavy (non-hydrogen) atoms. The van der Waals surface area contributed by atoms with Crippen LogP contribution in [-0.2, 0) is 9.53 Å². The normalized spacial score (nSPS) is 18.4. The molecule has 1 unspecified atom stereocenters. The van der Waals surface area contributed by atoms with Crippen LogP contribution in [0.5, 0.6) is 0 Å². The van der Waals surface area contributed by atoms with Crippen LogP contribution in [-0.4, -0.2) is 30.9 Å². The quantitative estimate of drug-likeness (QED) is 0.617. The first kappa shape index (κ1) is 13.6. The predicted octanol–water partition coefficient (Wildman–Crippen LogP) is 2.42. The molecule has 1 aromatic carbocycles. The van der Waals surface area contributed by atoms with Crippen molar-refractivity contribution < 1.29 is 14.3 Å². The van der Waals surface area contributed by atoms with Crippen molar-refractivity contribution in [1.82, 2.24) is 0 Å². The van der Waals surface area contributed by atoms with E-state index in [2.05, 4.69) is 4.90 Å². The standard InChI is InChI=1S/C15H19NO3/c1-3-19-15(18)14-5-4-10-16(14)13-8-6-12(7-9-13)11(2)17/h6-9,14H,3-5,10H2,1-2H3. The van der Waals surface area contributed by atoms with Gasteiger partial charge in [0, 0.05) is 17.8 Å². The highest BCUT2D eigenvalue weighted by molar-refractivity contribution is 5.94. The number of hydrogen-bond donors (Lipinski definition) is 0. The Balaban J connectivity index is 2.15. The zero-order chi connectivity index (χ0) is 13.8. The van der Waals surface area contributed by atoms with Crippen molar-refractivity contribution in [1.29, 1.82) is 0 Å². The number of esters is 1. The molecule has 0 aliphatic carbocycles. The molecule has 102 valence electrons. The van der Waals surface area contributed by atoms with Gasteiger partial charge in [-0.3, -0.25) is 4.79 Å². The highest BCUT2D eigenvalue weighted by Crippen LogP contribution is 2.26. The van der Waals surface area contributed by atoms with Crippen LogP contribution in [0.4, 0.5) is 5.69 Å². The molecule has 0 N–H and O–H groups in total. The number of benzene rings is 1. The lowest BCUT2D eigenvalue weighted by Gasteiger charge is -2.25. The van der Waals surface area contributed by atoms with E-state index in [1.54, 1.807) is 19.1 Å². The van der Waals surface area contributed by atoms with Gasteiger partial charge in [0.05, 0.1) is 6.61 Å². The van der Waals surface area contributed by atoms with Crippen molar-refractivity contribution in [3.05, 3.63) is 29.8 Å². The van der Waals surface area contributed by atoms with Gasteiger partial charge in [-0.15, -0.1) is 0 Å². The number of ether oxygens (including phenoxy) is 1. The molecule has 4 heteroatoms. The van der Waals surface area contributed by atoms with Gasteiger partial charge in [-0.05, 0) is 51.0 Å². The van der Waals surface area contributed by atoms with Crippen molar-refractivity contribution in [2.75, 3.05) is 18.1 Å². The fourth-order valence-electron chi connectivity index (χ4n) is 2.45. The molecule has 0 saturated carbocycles. The lowest BCUT2D eigenvalue weighted by atomic mass is 10.1. The second-order valence-electron chi connectivity index (χ2n) is 4.71. The van der Waals surface area contributed by atoms with E-state index in [0.29, 0.717) is 12.2 Å². The molecule has 4 nitrogen and oxygen atoms in total. The maximum absolute atomic E-state index is 11.9. The number of nitrogens with zero attached hydrogens (tertiary/aromatic N) is 1. The maximum Gasteiger partial charge on any atom is 0.328 e. The Bertz CT molecular complexity index is 467. The summed E-state index contributed by atoms with van der Waals surface area (Å²) in [4.78, 5) is 25.2. The Kier molecular flexibility index (Phi) is 4.20. The maximum atomic E-state index is 11.9. The lowest BCUT2D eigenvalue weighted by Crippen LogP contribution is -2.37. The van der Waals surface area contributed by atoms with Crippen LogP contribution in [0.15, 0.2) is 24.3 Å². The Morgan fingerprint density at radius 1 is 1.32 bits per heavy atom. The first-order valence-corrected chi connectivity index (χ1v) is 6.67. The molecule has 1 saturated heterocycles. The Labute approximate surface area is 113 Å². The van der Waals surface area contributed by atoms with Gasteiger partial charge in [-0.2, -0.15) is 0 Å². The number of ketones is 1. The first-order chi connectivity index (χ1) is 9.13. The van der Waals surface area contributed by atoms with Crippen LogP contribution in [0.2, 0.25) is 0 Å². The minimum absolute atomic E-state index is 0.0508. The van der Waals surface area contributed by atoms with E-state index in [1.165, 1.54) is 0 Å². The summed E-state index contributed by atoms with van der Waals surface area (Å²) >= 11 is 0. The summed E-state index contributed by atoms with van der Waals surface area (Å²) in [6.07, 6.45) is 1.81. The average Bonchev–Trinajstić information content (AvgIpc) is 2.88. The topological polar surface area (TPSA) is 46.6 Å². The first-order valence-electron chi connectivity index (χ1n) is 6.67. The molecular weight excluding hydrogens is 242 g/mol. The van der Waals surface area contributed by atoms with E-state index in [0.717, 1.165) is 25.1 Å². The highest BCUT2D eigenvalue weighted by Gasteiger charge is 2.31. The summed E-state index contributed by atoms with van der Waals surface area (Å²) in [6, 6.07) is 7.21. The van der Waals surface area contributed by atoms with Gasteiger partial charge in [0.15, 0.2) is 5.78 Å². The van der Waals surface area contributed by atoms with Crippen LogP contribution in [0, 0.1) is 0 Å². The minimum atomic E-state index is -0.192. The van der Waals surface area contributed by atoms with Crippen molar-refractivity contribution in [3.8, 4) is 0 Å². The fourth-order valence-corrected chi connectivity index (χ4v) is 2.45. The van der Waals surface area contributed by atoms with E-state index in [-0.39, 0.29) is 17.8 Å². The number of Topliss-reactive ketones (excluding diaryl/α,β-unsaturated/α-hetero) is 1. The second kappa shape index (κ2) is 5.87. The molecule has 2 rings (SSSR count). The molecule has 0 bridgehead atoms. The third-order valence-corrected chi connectivity index (χ3v) is 3.42. The number of carbonyl (C=O) groups excluding carboxylic acids is 2. The zero-order valence-corrected chi connectivity index (χ0v) is 11.4. The molecule has 1 atom stereocenters. The molecule has 1 aromatic rings.